The number of nitrogens with zero attached hydrogens (tertiary/aromatic N) is 1. The molecule has 4 aliphatic carbocycles. The topological polar surface area (TPSA) is 40.9 Å². The summed E-state index contributed by atoms with van der Waals surface area (Å²) in [5, 5.41) is 9.01. The molecule has 4 fully saturated rings. The average Bonchev–Trinajstić information content (AvgIpc) is 3.09. The van der Waals surface area contributed by atoms with Crippen LogP contribution in [0.1, 0.15) is 94.0 Å². The maximum Gasteiger partial charge on any atom is 0.163 e. The Morgan fingerprint density at radius 2 is 1.77 bits per heavy atom. The van der Waals surface area contributed by atoms with Crippen molar-refractivity contribution in [2.24, 2.45) is 46.8 Å². The van der Waals surface area contributed by atoms with Gasteiger partial charge in [-0.2, -0.15) is 5.26 Å². The van der Waals surface area contributed by atoms with Gasteiger partial charge in [0.05, 0.1) is 11.6 Å². The number of hydrogen-bond acceptors (Lipinski definition) is 2. The fourth-order valence-electron chi connectivity index (χ4n) is 8.60. The van der Waals surface area contributed by atoms with Gasteiger partial charge in [-0.25, -0.2) is 0 Å². The predicted molar refractivity (Wildman–Crippen MR) is 120 cm³/mol. The Labute approximate surface area is 182 Å². The fraction of sp³-hybridized carbons (Fsp3) is 0.714. The molecule has 0 spiro atoms. The quantitative estimate of drug-likeness (QED) is 0.508. The number of benzene rings is 1. The van der Waals surface area contributed by atoms with Crippen molar-refractivity contribution in [2.45, 2.75) is 78.1 Å². The zero-order chi connectivity index (χ0) is 20.9. The summed E-state index contributed by atoms with van der Waals surface area (Å²) in [6.07, 6.45) is 13.4. The van der Waals surface area contributed by atoms with E-state index in [1.54, 1.807) is 12.1 Å². The third-order valence-corrected chi connectivity index (χ3v) is 10.2. The van der Waals surface area contributed by atoms with E-state index in [1.807, 2.05) is 12.1 Å². The van der Waals surface area contributed by atoms with Crippen LogP contribution in [0.4, 0.5) is 0 Å². The van der Waals surface area contributed by atoms with Crippen LogP contribution in [0.2, 0.25) is 0 Å². The van der Waals surface area contributed by atoms with E-state index in [-0.39, 0.29) is 5.78 Å². The minimum atomic E-state index is 0.276. The summed E-state index contributed by atoms with van der Waals surface area (Å²) in [6.45, 7) is 5.00. The molecule has 1 aromatic rings. The molecule has 4 saturated carbocycles. The fourth-order valence-corrected chi connectivity index (χ4v) is 8.60. The van der Waals surface area contributed by atoms with Crippen LogP contribution in [-0.4, -0.2) is 5.78 Å². The largest absolute Gasteiger partial charge is 0.294 e. The second-order valence-electron chi connectivity index (χ2n) is 11.5. The molecule has 5 rings (SSSR count). The van der Waals surface area contributed by atoms with Crippen molar-refractivity contribution >= 4 is 5.78 Å². The number of nitriles is 1. The molecule has 0 aliphatic heterocycles. The molecular weight excluding hydrogens is 366 g/mol. The summed E-state index contributed by atoms with van der Waals surface area (Å²) in [5.74, 6) is 6.51. The monoisotopic (exact) mass is 403 g/mol. The zero-order valence-corrected chi connectivity index (χ0v) is 18.8. The Morgan fingerprint density at radius 1 is 1.00 bits per heavy atom. The Bertz CT molecular complexity index is 835. The molecule has 0 radical (unpaired) electrons. The van der Waals surface area contributed by atoms with Crippen LogP contribution in [0.15, 0.2) is 24.3 Å². The average molecular weight is 404 g/mol. The lowest BCUT2D eigenvalue weighted by atomic mass is 9.49. The summed E-state index contributed by atoms with van der Waals surface area (Å²) in [7, 11) is 0. The Morgan fingerprint density at radius 3 is 2.53 bits per heavy atom. The van der Waals surface area contributed by atoms with Crippen LogP contribution in [0.5, 0.6) is 0 Å². The molecule has 30 heavy (non-hydrogen) atoms. The van der Waals surface area contributed by atoms with Gasteiger partial charge in [-0.3, -0.25) is 4.79 Å². The summed E-state index contributed by atoms with van der Waals surface area (Å²) >= 11 is 0. The highest BCUT2D eigenvalue weighted by molar-refractivity contribution is 5.96. The number of rotatable bonds is 3. The molecule has 0 bridgehead atoms. The first-order valence-corrected chi connectivity index (χ1v) is 12.5. The Balaban J connectivity index is 1.29. The van der Waals surface area contributed by atoms with Gasteiger partial charge in [-0.05, 0) is 110 Å². The third kappa shape index (κ3) is 3.34. The summed E-state index contributed by atoms with van der Waals surface area (Å²) in [6, 6.07) is 9.39. The minimum absolute atomic E-state index is 0.276. The molecule has 8 atom stereocenters. The van der Waals surface area contributed by atoms with Crippen molar-refractivity contribution in [2.75, 3.05) is 0 Å². The van der Waals surface area contributed by atoms with E-state index in [0.717, 1.165) is 41.1 Å². The van der Waals surface area contributed by atoms with Crippen molar-refractivity contribution in [1.82, 2.24) is 0 Å². The lowest BCUT2D eigenvalue weighted by molar-refractivity contribution is -0.0669. The van der Waals surface area contributed by atoms with Crippen molar-refractivity contribution < 1.29 is 4.79 Å². The molecule has 4 aliphatic rings. The van der Waals surface area contributed by atoms with E-state index in [0.29, 0.717) is 23.3 Å². The van der Waals surface area contributed by atoms with E-state index >= 15 is 0 Å². The predicted octanol–water partition coefficient (Wildman–Crippen LogP) is 7.04. The molecule has 0 N–H and O–H groups in total. The second-order valence-corrected chi connectivity index (χ2v) is 11.5. The van der Waals surface area contributed by atoms with E-state index in [2.05, 4.69) is 19.9 Å². The first-order valence-electron chi connectivity index (χ1n) is 12.5. The van der Waals surface area contributed by atoms with Gasteiger partial charge < -0.3 is 0 Å². The van der Waals surface area contributed by atoms with Gasteiger partial charge in [0.25, 0.3) is 0 Å². The highest BCUT2D eigenvalue weighted by Gasteiger charge is 2.56. The van der Waals surface area contributed by atoms with Crippen LogP contribution in [0.3, 0.4) is 0 Å². The van der Waals surface area contributed by atoms with Crippen LogP contribution in [0.25, 0.3) is 0 Å². The van der Waals surface area contributed by atoms with Crippen LogP contribution < -0.4 is 0 Å². The molecule has 0 amide bonds. The number of ketones is 1. The smallest absolute Gasteiger partial charge is 0.163 e. The van der Waals surface area contributed by atoms with Gasteiger partial charge in [0.15, 0.2) is 5.78 Å². The lowest BCUT2D eigenvalue weighted by Crippen LogP contribution is -2.48. The molecule has 160 valence electrons. The normalized spacial score (nSPS) is 42.5. The Kier molecular flexibility index (Phi) is 5.29. The third-order valence-electron chi connectivity index (χ3n) is 10.2. The molecule has 0 aromatic heterocycles. The number of fused-ring (bicyclic) bond motifs is 5. The van der Waals surface area contributed by atoms with Gasteiger partial charge in [0, 0.05) is 12.0 Å². The summed E-state index contributed by atoms with van der Waals surface area (Å²) in [5.41, 5.74) is 1.77. The van der Waals surface area contributed by atoms with Crippen molar-refractivity contribution in [1.29, 1.82) is 5.26 Å². The molecule has 2 heteroatoms. The molecule has 1 aromatic carbocycles. The Hall–Kier alpha value is -1.62. The molecule has 0 heterocycles. The van der Waals surface area contributed by atoms with Gasteiger partial charge in [-0.15, -0.1) is 0 Å². The van der Waals surface area contributed by atoms with Gasteiger partial charge in [-0.1, -0.05) is 32.4 Å². The van der Waals surface area contributed by atoms with E-state index in [9.17, 15) is 4.79 Å². The van der Waals surface area contributed by atoms with Crippen molar-refractivity contribution in [3.05, 3.63) is 35.4 Å². The number of carbonyl (C=O) groups excluding carboxylic acids is 1. The number of carbonyl (C=O) groups is 1. The number of hydrogen-bond donors (Lipinski definition) is 0. The lowest BCUT2D eigenvalue weighted by Gasteiger charge is -2.56. The van der Waals surface area contributed by atoms with Gasteiger partial charge in [0.1, 0.15) is 0 Å². The van der Waals surface area contributed by atoms with Gasteiger partial charge in [0.2, 0.25) is 0 Å². The molecule has 0 saturated heterocycles. The molecule has 2 nitrogen and oxygen atoms in total. The van der Waals surface area contributed by atoms with E-state index in [4.69, 9.17) is 5.26 Å². The first-order chi connectivity index (χ1) is 14.5. The zero-order valence-electron chi connectivity index (χ0n) is 18.8. The highest BCUT2D eigenvalue weighted by atomic mass is 16.1. The minimum Gasteiger partial charge on any atom is -0.294 e. The molecule has 8 unspecified atom stereocenters. The molecular formula is C28H37NO. The van der Waals surface area contributed by atoms with E-state index < -0.39 is 0 Å². The highest BCUT2D eigenvalue weighted by Crippen LogP contribution is 2.65. The van der Waals surface area contributed by atoms with Crippen LogP contribution in [0, 0.1) is 58.2 Å². The van der Waals surface area contributed by atoms with Crippen LogP contribution >= 0.6 is 0 Å². The summed E-state index contributed by atoms with van der Waals surface area (Å²) in [4.78, 5) is 13.0. The summed E-state index contributed by atoms with van der Waals surface area (Å²) < 4.78 is 0. The number of Topliss-reactive ketones (excluding diaryl/α,β-unsaturated/α-hetero) is 1. The van der Waals surface area contributed by atoms with Crippen LogP contribution in [-0.2, 0) is 0 Å². The van der Waals surface area contributed by atoms with Crippen molar-refractivity contribution in [3.8, 4) is 6.07 Å². The SMILES string of the molecule is CC1CCC2C(CCC3C2CCC2(C)C(CC(=O)c4ccc(C#N)cc4)CCC32)C1. The van der Waals surface area contributed by atoms with Crippen molar-refractivity contribution in [3.63, 3.8) is 0 Å². The maximum atomic E-state index is 13.0. The second kappa shape index (κ2) is 7.81. The standard InChI is InChI=1S/C28H37NO/c1-18-3-10-23-21(15-18)8-11-25-24(23)13-14-28(2)22(9-12-26(25)28)16-27(30)20-6-4-19(17-29)5-7-20/h4-7,18,21-26H,3,8-16H2,1-2H3. The first kappa shape index (κ1) is 20.3. The van der Waals surface area contributed by atoms with Gasteiger partial charge >= 0.3 is 0 Å². The maximum absolute atomic E-state index is 13.0. The van der Waals surface area contributed by atoms with E-state index in [1.165, 1.54) is 57.8 Å².